The first-order valence-corrected chi connectivity index (χ1v) is 9.85. The van der Waals surface area contributed by atoms with Gasteiger partial charge >= 0.3 is 0 Å². The zero-order chi connectivity index (χ0) is 19.0. The second kappa shape index (κ2) is 11.5. The standard InChI is InChI=1S/C21H34N4O.HI/c1-5-16-7-11-18(12-8-16)21(3,4)15-25-20(22-6-2)24-14-13-23-19(26)17-9-10-17;/h7-8,11-12,17H,5-6,9-10,13-15H2,1-4H3,(H,23,26)(H2,22,24,25);1H. The lowest BCUT2D eigenvalue weighted by atomic mass is 9.84. The van der Waals surface area contributed by atoms with Gasteiger partial charge in [0.05, 0.1) is 6.54 Å². The summed E-state index contributed by atoms with van der Waals surface area (Å²) in [6.07, 6.45) is 3.14. The number of hydrogen-bond acceptors (Lipinski definition) is 2. The molecule has 5 nitrogen and oxygen atoms in total. The lowest BCUT2D eigenvalue weighted by Crippen LogP contribution is -2.42. The summed E-state index contributed by atoms with van der Waals surface area (Å²) in [5.74, 6) is 1.24. The quantitative estimate of drug-likeness (QED) is 0.217. The number of hydrogen-bond donors (Lipinski definition) is 3. The molecule has 1 amide bonds. The van der Waals surface area contributed by atoms with Gasteiger partial charge in [-0.05, 0) is 37.3 Å². The van der Waals surface area contributed by atoms with Crippen LogP contribution in [0.25, 0.3) is 0 Å². The Balaban J connectivity index is 0.00000364. The molecule has 152 valence electrons. The Morgan fingerprint density at radius 3 is 2.26 bits per heavy atom. The molecule has 1 aromatic carbocycles. The number of aryl methyl sites for hydroxylation is 1. The van der Waals surface area contributed by atoms with Crippen molar-refractivity contribution in [3.05, 3.63) is 35.4 Å². The number of nitrogens with zero attached hydrogens (tertiary/aromatic N) is 1. The topological polar surface area (TPSA) is 65.5 Å². The Labute approximate surface area is 181 Å². The van der Waals surface area contributed by atoms with Crippen LogP contribution in [0.1, 0.15) is 51.7 Å². The Bertz CT molecular complexity index is 609. The van der Waals surface area contributed by atoms with E-state index >= 15 is 0 Å². The van der Waals surface area contributed by atoms with Crippen molar-refractivity contribution in [1.29, 1.82) is 0 Å². The van der Waals surface area contributed by atoms with Crippen molar-refractivity contribution in [1.82, 2.24) is 16.0 Å². The molecule has 0 spiro atoms. The summed E-state index contributed by atoms with van der Waals surface area (Å²) in [5.41, 5.74) is 2.62. The fourth-order valence-corrected chi connectivity index (χ4v) is 2.76. The van der Waals surface area contributed by atoms with Crippen LogP contribution in [0, 0.1) is 5.92 Å². The summed E-state index contributed by atoms with van der Waals surface area (Å²) in [4.78, 5) is 16.4. The summed E-state index contributed by atoms with van der Waals surface area (Å²) in [5, 5.41) is 9.54. The van der Waals surface area contributed by atoms with Crippen LogP contribution in [0.3, 0.4) is 0 Å². The molecule has 0 saturated heterocycles. The number of guanidine groups is 1. The molecule has 1 fully saturated rings. The maximum atomic E-state index is 11.7. The Morgan fingerprint density at radius 2 is 1.70 bits per heavy atom. The molecule has 0 heterocycles. The summed E-state index contributed by atoms with van der Waals surface area (Å²) in [6.45, 7) is 11.5. The second-order valence-electron chi connectivity index (χ2n) is 7.62. The molecule has 27 heavy (non-hydrogen) atoms. The van der Waals surface area contributed by atoms with Crippen LogP contribution in [0.5, 0.6) is 0 Å². The van der Waals surface area contributed by atoms with E-state index in [0.29, 0.717) is 19.6 Å². The van der Waals surface area contributed by atoms with Gasteiger partial charge in [-0.2, -0.15) is 0 Å². The molecule has 0 atom stereocenters. The number of carbonyl (C=O) groups excluding carboxylic acids is 1. The van der Waals surface area contributed by atoms with Crippen LogP contribution in [-0.4, -0.2) is 38.0 Å². The molecule has 0 unspecified atom stereocenters. The number of aliphatic imine (C=N–C) groups is 1. The Hall–Kier alpha value is -1.31. The Morgan fingerprint density at radius 1 is 1.07 bits per heavy atom. The molecule has 0 aliphatic heterocycles. The summed E-state index contributed by atoms with van der Waals surface area (Å²) in [7, 11) is 0. The predicted molar refractivity (Wildman–Crippen MR) is 124 cm³/mol. The van der Waals surface area contributed by atoms with Crippen molar-refractivity contribution in [3.63, 3.8) is 0 Å². The zero-order valence-corrected chi connectivity index (χ0v) is 19.4. The van der Waals surface area contributed by atoms with E-state index in [1.807, 2.05) is 0 Å². The van der Waals surface area contributed by atoms with Gasteiger partial charge in [0.1, 0.15) is 0 Å². The molecule has 1 saturated carbocycles. The van der Waals surface area contributed by atoms with Gasteiger partial charge in [0.25, 0.3) is 0 Å². The van der Waals surface area contributed by atoms with Gasteiger partial charge in [-0.25, -0.2) is 0 Å². The van der Waals surface area contributed by atoms with Crippen LogP contribution in [0.4, 0.5) is 0 Å². The minimum Gasteiger partial charge on any atom is -0.357 e. The second-order valence-corrected chi connectivity index (χ2v) is 7.62. The van der Waals surface area contributed by atoms with Crippen molar-refractivity contribution in [3.8, 4) is 0 Å². The van der Waals surface area contributed by atoms with Crippen molar-refractivity contribution in [2.75, 3.05) is 26.2 Å². The smallest absolute Gasteiger partial charge is 0.223 e. The average molecular weight is 486 g/mol. The molecule has 3 N–H and O–H groups in total. The van der Waals surface area contributed by atoms with Gasteiger partial charge in [-0.15, -0.1) is 24.0 Å². The van der Waals surface area contributed by atoms with Gasteiger partial charge in [0, 0.05) is 31.0 Å². The molecular weight excluding hydrogens is 451 g/mol. The third kappa shape index (κ3) is 8.07. The predicted octanol–water partition coefficient (Wildman–Crippen LogP) is 3.23. The SMILES string of the molecule is CCNC(=NCC(C)(C)c1ccc(CC)cc1)NCCNC(=O)C1CC1.I. The fourth-order valence-electron chi connectivity index (χ4n) is 2.76. The zero-order valence-electron chi connectivity index (χ0n) is 17.1. The first-order valence-electron chi connectivity index (χ1n) is 9.85. The van der Waals surface area contributed by atoms with Gasteiger partial charge in [0.15, 0.2) is 5.96 Å². The molecule has 1 aliphatic rings. The number of rotatable bonds is 9. The number of amides is 1. The highest BCUT2D eigenvalue weighted by molar-refractivity contribution is 14.0. The van der Waals surface area contributed by atoms with Crippen LogP contribution < -0.4 is 16.0 Å². The molecule has 1 aromatic rings. The molecular formula is C21H35IN4O. The van der Waals surface area contributed by atoms with Crippen molar-refractivity contribution >= 4 is 35.8 Å². The minimum atomic E-state index is -0.0329. The third-order valence-electron chi connectivity index (χ3n) is 4.79. The van der Waals surface area contributed by atoms with Crippen molar-refractivity contribution in [2.24, 2.45) is 10.9 Å². The van der Waals surface area contributed by atoms with Crippen LogP contribution in [0.2, 0.25) is 0 Å². The van der Waals surface area contributed by atoms with E-state index in [1.165, 1.54) is 11.1 Å². The molecule has 0 bridgehead atoms. The number of nitrogens with one attached hydrogen (secondary N) is 3. The molecule has 1 aliphatic carbocycles. The number of halogens is 1. The van der Waals surface area contributed by atoms with Crippen LogP contribution in [-0.2, 0) is 16.6 Å². The maximum absolute atomic E-state index is 11.7. The van der Waals surface area contributed by atoms with E-state index in [9.17, 15) is 4.79 Å². The van der Waals surface area contributed by atoms with E-state index in [-0.39, 0.29) is 41.2 Å². The highest BCUT2D eigenvalue weighted by Crippen LogP contribution is 2.28. The minimum absolute atomic E-state index is 0. The Kier molecular flexibility index (Phi) is 10.1. The van der Waals surface area contributed by atoms with Crippen molar-refractivity contribution < 1.29 is 4.79 Å². The summed E-state index contributed by atoms with van der Waals surface area (Å²) in [6, 6.07) is 8.82. The number of carbonyl (C=O) groups is 1. The number of benzene rings is 1. The molecule has 0 aromatic heterocycles. The van der Waals surface area contributed by atoms with Gasteiger partial charge in [-0.3, -0.25) is 9.79 Å². The highest BCUT2D eigenvalue weighted by atomic mass is 127. The van der Waals surface area contributed by atoms with E-state index in [2.05, 4.69) is 67.9 Å². The lowest BCUT2D eigenvalue weighted by Gasteiger charge is -2.24. The lowest BCUT2D eigenvalue weighted by molar-refractivity contribution is -0.122. The van der Waals surface area contributed by atoms with E-state index in [0.717, 1.165) is 31.8 Å². The summed E-state index contributed by atoms with van der Waals surface area (Å²) < 4.78 is 0. The normalized spacial score (nSPS) is 14.3. The van der Waals surface area contributed by atoms with Gasteiger partial charge < -0.3 is 16.0 Å². The monoisotopic (exact) mass is 486 g/mol. The average Bonchev–Trinajstić information content (AvgIpc) is 3.48. The molecule has 2 rings (SSSR count). The largest absolute Gasteiger partial charge is 0.357 e. The molecule has 0 radical (unpaired) electrons. The van der Waals surface area contributed by atoms with Crippen LogP contribution >= 0.6 is 24.0 Å². The first-order chi connectivity index (χ1) is 12.5. The highest BCUT2D eigenvalue weighted by Gasteiger charge is 2.29. The van der Waals surface area contributed by atoms with E-state index < -0.39 is 0 Å². The van der Waals surface area contributed by atoms with Crippen molar-refractivity contribution in [2.45, 2.75) is 52.4 Å². The van der Waals surface area contributed by atoms with E-state index in [1.54, 1.807) is 0 Å². The maximum Gasteiger partial charge on any atom is 0.223 e. The fraction of sp³-hybridized carbons (Fsp3) is 0.619. The summed E-state index contributed by atoms with van der Waals surface area (Å²) >= 11 is 0. The van der Waals surface area contributed by atoms with Gasteiger partial charge in [0.2, 0.25) is 5.91 Å². The van der Waals surface area contributed by atoms with E-state index in [4.69, 9.17) is 4.99 Å². The third-order valence-corrected chi connectivity index (χ3v) is 4.79. The first kappa shape index (κ1) is 23.7. The van der Waals surface area contributed by atoms with Crippen LogP contribution in [0.15, 0.2) is 29.3 Å². The van der Waals surface area contributed by atoms with Gasteiger partial charge in [-0.1, -0.05) is 45.0 Å². The molecule has 6 heteroatoms.